The van der Waals surface area contributed by atoms with Crippen LogP contribution in [0.2, 0.25) is 0 Å². The minimum Gasteiger partial charge on any atom is -0.496 e. The summed E-state index contributed by atoms with van der Waals surface area (Å²) in [5.41, 5.74) is 4.26. The van der Waals surface area contributed by atoms with Gasteiger partial charge in [-0.1, -0.05) is 12.1 Å². The molecule has 96 valence electrons. The first-order chi connectivity index (χ1) is 8.67. The van der Waals surface area contributed by atoms with Gasteiger partial charge < -0.3 is 4.74 Å². The number of nitrogens with two attached hydrogens (primary N) is 1. The zero-order valence-corrected chi connectivity index (χ0v) is 11.1. The third kappa shape index (κ3) is 2.38. The Kier molecular flexibility index (Phi) is 3.96. The van der Waals surface area contributed by atoms with E-state index >= 15 is 0 Å². The van der Waals surface area contributed by atoms with E-state index in [4.69, 9.17) is 10.6 Å². The van der Waals surface area contributed by atoms with Gasteiger partial charge in [-0.2, -0.15) is 0 Å². The number of benzene rings is 1. The molecule has 3 N–H and O–H groups in total. The van der Waals surface area contributed by atoms with Crippen molar-refractivity contribution >= 4 is 11.3 Å². The molecular formula is C13H15FN2OS. The summed E-state index contributed by atoms with van der Waals surface area (Å²) in [6.07, 6.45) is 0. The lowest BCUT2D eigenvalue weighted by atomic mass is 10.0. The fourth-order valence-electron chi connectivity index (χ4n) is 1.86. The van der Waals surface area contributed by atoms with Crippen molar-refractivity contribution in [3.8, 4) is 5.75 Å². The highest BCUT2D eigenvalue weighted by atomic mass is 32.1. The van der Waals surface area contributed by atoms with Crippen molar-refractivity contribution in [2.75, 3.05) is 7.11 Å². The normalized spacial score (nSPS) is 12.4. The van der Waals surface area contributed by atoms with Crippen LogP contribution in [0.15, 0.2) is 29.6 Å². The smallest absolute Gasteiger partial charge is 0.134 e. The highest BCUT2D eigenvalue weighted by Gasteiger charge is 2.19. The molecule has 2 aromatic rings. The van der Waals surface area contributed by atoms with Gasteiger partial charge in [0.15, 0.2) is 0 Å². The minimum atomic E-state index is -0.215. The molecule has 0 aliphatic carbocycles. The van der Waals surface area contributed by atoms with Crippen molar-refractivity contribution in [3.05, 3.63) is 51.5 Å². The van der Waals surface area contributed by atoms with E-state index in [0.29, 0.717) is 5.56 Å². The largest absolute Gasteiger partial charge is 0.496 e. The second kappa shape index (κ2) is 5.48. The lowest BCUT2D eigenvalue weighted by molar-refractivity contribution is 0.407. The second-order valence-electron chi connectivity index (χ2n) is 3.96. The molecule has 1 atom stereocenters. The molecule has 0 spiro atoms. The number of halogens is 1. The Bertz CT molecular complexity index is 542. The quantitative estimate of drug-likeness (QED) is 0.661. The van der Waals surface area contributed by atoms with Crippen LogP contribution in [-0.4, -0.2) is 7.11 Å². The van der Waals surface area contributed by atoms with Crippen LogP contribution in [0.25, 0.3) is 0 Å². The molecule has 0 aliphatic heterocycles. The van der Waals surface area contributed by atoms with Crippen LogP contribution >= 0.6 is 11.3 Å². The van der Waals surface area contributed by atoms with Crippen molar-refractivity contribution in [1.29, 1.82) is 0 Å². The molecule has 5 heteroatoms. The Labute approximate surface area is 109 Å². The van der Waals surface area contributed by atoms with E-state index in [0.717, 1.165) is 16.2 Å². The van der Waals surface area contributed by atoms with Crippen LogP contribution < -0.4 is 16.0 Å². The second-order valence-corrected chi connectivity index (χ2v) is 4.91. The van der Waals surface area contributed by atoms with Crippen molar-refractivity contribution < 1.29 is 9.13 Å². The van der Waals surface area contributed by atoms with Gasteiger partial charge in [-0.05, 0) is 35.6 Å². The van der Waals surface area contributed by atoms with E-state index in [1.54, 1.807) is 37.5 Å². The van der Waals surface area contributed by atoms with Gasteiger partial charge in [-0.3, -0.25) is 5.84 Å². The van der Waals surface area contributed by atoms with E-state index in [1.807, 2.05) is 11.4 Å². The molecule has 0 bridgehead atoms. The van der Waals surface area contributed by atoms with Crippen LogP contribution in [0.3, 0.4) is 0 Å². The molecule has 0 aliphatic rings. The number of thiophene rings is 1. The van der Waals surface area contributed by atoms with Gasteiger partial charge in [0, 0.05) is 0 Å². The molecule has 1 aromatic heterocycles. The monoisotopic (exact) mass is 266 g/mol. The fourth-order valence-corrected chi connectivity index (χ4v) is 2.80. The summed E-state index contributed by atoms with van der Waals surface area (Å²) in [5, 5.41) is 1.94. The van der Waals surface area contributed by atoms with Crippen molar-refractivity contribution in [2.24, 2.45) is 5.84 Å². The Balaban J connectivity index is 2.42. The number of hydrazine groups is 1. The minimum absolute atomic E-state index is 0.195. The first kappa shape index (κ1) is 13.0. The van der Waals surface area contributed by atoms with Gasteiger partial charge in [0.05, 0.1) is 18.0 Å². The van der Waals surface area contributed by atoms with Crippen molar-refractivity contribution in [3.63, 3.8) is 0 Å². The van der Waals surface area contributed by atoms with E-state index in [2.05, 4.69) is 5.43 Å². The highest BCUT2D eigenvalue weighted by molar-refractivity contribution is 7.10. The Morgan fingerprint density at radius 2 is 2.17 bits per heavy atom. The highest BCUT2D eigenvalue weighted by Crippen LogP contribution is 2.34. The molecule has 0 amide bonds. The molecule has 18 heavy (non-hydrogen) atoms. The summed E-state index contributed by atoms with van der Waals surface area (Å²) in [7, 11) is 1.62. The molecule has 0 saturated heterocycles. The molecule has 0 fully saturated rings. The molecule has 1 unspecified atom stereocenters. The topological polar surface area (TPSA) is 47.3 Å². The van der Waals surface area contributed by atoms with Crippen molar-refractivity contribution in [1.82, 2.24) is 5.43 Å². The van der Waals surface area contributed by atoms with Gasteiger partial charge in [0.25, 0.3) is 0 Å². The summed E-state index contributed by atoms with van der Waals surface area (Å²) in [4.78, 5) is 0.978. The number of rotatable bonds is 4. The van der Waals surface area contributed by atoms with Crippen LogP contribution in [0.5, 0.6) is 5.75 Å². The Morgan fingerprint density at radius 1 is 1.39 bits per heavy atom. The number of hydrogen-bond acceptors (Lipinski definition) is 4. The molecule has 1 heterocycles. The van der Waals surface area contributed by atoms with E-state index in [1.165, 1.54) is 6.07 Å². The number of hydrogen-bond donors (Lipinski definition) is 2. The standard InChI is InChI=1S/C13H15FN2OS/c1-8-7-9(3-4-10(8)14)12(16-15)13-11(17-2)5-6-18-13/h3-7,12,16H,15H2,1-2H3. The summed E-state index contributed by atoms with van der Waals surface area (Å²) < 4.78 is 18.6. The average molecular weight is 266 g/mol. The molecule has 3 nitrogen and oxygen atoms in total. The lowest BCUT2D eigenvalue weighted by Crippen LogP contribution is -2.28. The van der Waals surface area contributed by atoms with E-state index in [9.17, 15) is 4.39 Å². The van der Waals surface area contributed by atoms with Gasteiger partial charge in [-0.25, -0.2) is 9.82 Å². The summed E-state index contributed by atoms with van der Waals surface area (Å²) in [6.45, 7) is 1.73. The first-order valence-electron chi connectivity index (χ1n) is 5.51. The number of ether oxygens (including phenoxy) is 1. The predicted octanol–water partition coefficient (Wildman–Crippen LogP) is 2.76. The van der Waals surface area contributed by atoms with Gasteiger partial charge in [0.1, 0.15) is 11.6 Å². The summed E-state index contributed by atoms with van der Waals surface area (Å²) in [5.74, 6) is 6.18. The maximum absolute atomic E-state index is 13.3. The average Bonchev–Trinajstić information content (AvgIpc) is 2.83. The predicted molar refractivity (Wildman–Crippen MR) is 71.2 cm³/mol. The van der Waals surface area contributed by atoms with Crippen LogP contribution in [-0.2, 0) is 0 Å². The number of aryl methyl sites for hydroxylation is 1. The van der Waals surface area contributed by atoms with Gasteiger partial charge in [0.2, 0.25) is 0 Å². The van der Waals surface area contributed by atoms with Crippen LogP contribution in [0.1, 0.15) is 22.0 Å². The third-order valence-corrected chi connectivity index (χ3v) is 3.78. The fraction of sp³-hybridized carbons (Fsp3) is 0.231. The van der Waals surface area contributed by atoms with E-state index in [-0.39, 0.29) is 11.9 Å². The van der Waals surface area contributed by atoms with Gasteiger partial charge >= 0.3 is 0 Å². The molecular weight excluding hydrogens is 251 g/mol. The molecule has 1 aromatic carbocycles. The van der Waals surface area contributed by atoms with Gasteiger partial charge in [-0.15, -0.1) is 11.3 Å². The zero-order valence-electron chi connectivity index (χ0n) is 10.2. The lowest BCUT2D eigenvalue weighted by Gasteiger charge is -2.17. The summed E-state index contributed by atoms with van der Waals surface area (Å²) in [6, 6.07) is 6.67. The Morgan fingerprint density at radius 3 is 2.78 bits per heavy atom. The maximum atomic E-state index is 13.3. The molecule has 0 saturated carbocycles. The summed E-state index contributed by atoms with van der Waals surface area (Å²) >= 11 is 1.55. The number of nitrogens with one attached hydrogen (secondary N) is 1. The molecule has 2 rings (SSSR count). The van der Waals surface area contributed by atoms with E-state index < -0.39 is 0 Å². The third-order valence-electron chi connectivity index (χ3n) is 2.82. The SMILES string of the molecule is COc1ccsc1C(NN)c1ccc(F)c(C)c1. The Hall–Kier alpha value is -1.43. The van der Waals surface area contributed by atoms with Crippen LogP contribution in [0.4, 0.5) is 4.39 Å². The first-order valence-corrected chi connectivity index (χ1v) is 6.39. The molecule has 0 radical (unpaired) electrons. The maximum Gasteiger partial charge on any atom is 0.134 e. The van der Waals surface area contributed by atoms with Crippen LogP contribution in [0, 0.1) is 12.7 Å². The number of methoxy groups -OCH3 is 1. The van der Waals surface area contributed by atoms with Crippen molar-refractivity contribution in [2.45, 2.75) is 13.0 Å². The zero-order chi connectivity index (χ0) is 13.1.